The molecule has 0 heterocycles. The molecule has 0 saturated carbocycles. The number of likely N-dealkylation sites (N-methyl/N-ethyl adjacent to an activating group) is 1. The zero-order valence-electron chi connectivity index (χ0n) is 8.73. The van der Waals surface area contributed by atoms with Crippen molar-refractivity contribution in [2.24, 2.45) is 0 Å². The zero-order chi connectivity index (χ0) is 10.4. The lowest BCUT2D eigenvalue weighted by Crippen LogP contribution is -2.24. The van der Waals surface area contributed by atoms with Gasteiger partial charge in [-0.25, -0.2) is 0 Å². The van der Waals surface area contributed by atoms with E-state index in [1.165, 1.54) is 5.56 Å². The SMILES string of the molecule is CNCCNCc1ccc(C)c(Cl)c1. The third kappa shape index (κ3) is 3.66. The molecule has 0 atom stereocenters. The van der Waals surface area contributed by atoms with Crippen LogP contribution < -0.4 is 10.6 Å². The second kappa shape index (κ2) is 6.02. The van der Waals surface area contributed by atoms with Crippen molar-refractivity contribution in [3.05, 3.63) is 34.3 Å². The second-order valence-corrected chi connectivity index (χ2v) is 3.77. The first-order chi connectivity index (χ1) is 6.74. The predicted molar refractivity (Wildman–Crippen MR) is 61.8 cm³/mol. The van der Waals surface area contributed by atoms with Crippen LogP contribution in [-0.2, 0) is 6.54 Å². The molecule has 0 fully saturated rings. The molecule has 3 heteroatoms. The molecule has 0 aliphatic heterocycles. The highest BCUT2D eigenvalue weighted by molar-refractivity contribution is 6.31. The third-order valence-corrected chi connectivity index (χ3v) is 2.52. The van der Waals surface area contributed by atoms with Crippen LogP contribution in [-0.4, -0.2) is 20.1 Å². The summed E-state index contributed by atoms with van der Waals surface area (Å²) in [5, 5.41) is 7.26. The van der Waals surface area contributed by atoms with Gasteiger partial charge in [0.15, 0.2) is 0 Å². The van der Waals surface area contributed by atoms with Crippen LogP contribution in [0.3, 0.4) is 0 Å². The molecule has 0 aliphatic rings. The Bertz CT molecular complexity index is 287. The summed E-state index contributed by atoms with van der Waals surface area (Å²) in [6.07, 6.45) is 0. The molecule has 1 aromatic rings. The molecule has 0 spiro atoms. The molecule has 0 aliphatic carbocycles. The van der Waals surface area contributed by atoms with Crippen molar-refractivity contribution in [1.29, 1.82) is 0 Å². The van der Waals surface area contributed by atoms with Crippen LogP contribution in [0.4, 0.5) is 0 Å². The lowest BCUT2D eigenvalue weighted by Gasteiger charge is -2.05. The minimum absolute atomic E-state index is 0.845. The lowest BCUT2D eigenvalue weighted by molar-refractivity contribution is 0.650. The maximum atomic E-state index is 6.01. The monoisotopic (exact) mass is 212 g/mol. The fraction of sp³-hybridized carbons (Fsp3) is 0.455. The molecule has 0 aromatic heterocycles. The fourth-order valence-corrected chi connectivity index (χ4v) is 1.40. The van der Waals surface area contributed by atoms with Gasteiger partial charge in [0.1, 0.15) is 0 Å². The van der Waals surface area contributed by atoms with Gasteiger partial charge in [0.05, 0.1) is 0 Å². The summed E-state index contributed by atoms with van der Waals surface area (Å²) in [4.78, 5) is 0. The number of halogens is 1. The Labute approximate surface area is 90.7 Å². The molecule has 14 heavy (non-hydrogen) atoms. The van der Waals surface area contributed by atoms with Crippen LogP contribution >= 0.6 is 11.6 Å². The standard InChI is InChI=1S/C11H17ClN2/c1-9-3-4-10(7-11(9)12)8-14-6-5-13-2/h3-4,7,13-14H,5-6,8H2,1-2H3. The van der Waals surface area contributed by atoms with E-state index >= 15 is 0 Å². The number of rotatable bonds is 5. The molecule has 2 nitrogen and oxygen atoms in total. The molecule has 0 bridgehead atoms. The second-order valence-electron chi connectivity index (χ2n) is 3.36. The van der Waals surface area contributed by atoms with E-state index in [-0.39, 0.29) is 0 Å². The summed E-state index contributed by atoms with van der Waals surface area (Å²) in [5.41, 5.74) is 2.36. The van der Waals surface area contributed by atoms with Crippen LogP contribution in [0.15, 0.2) is 18.2 Å². The average Bonchev–Trinajstić information content (AvgIpc) is 2.18. The summed E-state index contributed by atoms with van der Waals surface area (Å²) in [6, 6.07) is 6.17. The smallest absolute Gasteiger partial charge is 0.0438 e. The van der Waals surface area contributed by atoms with E-state index in [9.17, 15) is 0 Å². The minimum Gasteiger partial charge on any atom is -0.318 e. The third-order valence-electron chi connectivity index (χ3n) is 2.12. The molecule has 1 rings (SSSR count). The van der Waals surface area contributed by atoms with Crippen molar-refractivity contribution in [3.63, 3.8) is 0 Å². The lowest BCUT2D eigenvalue weighted by atomic mass is 10.1. The Balaban J connectivity index is 2.39. The van der Waals surface area contributed by atoms with E-state index in [1.807, 2.05) is 20.0 Å². The summed E-state index contributed by atoms with van der Waals surface area (Å²) in [6.45, 7) is 4.85. The first-order valence-electron chi connectivity index (χ1n) is 4.84. The number of nitrogens with one attached hydrogen (secondary N) is 2. The first-order valence-corrected chi connectivity index (χ1v) is 5.22. The van der Waals surface area contributed by atoms with Gasteiger partial charge in [-0.15, -0.1) is 0 Å². The number of aryl methyl sites for hydroxylation is 1. The topological polar surface area (TPSA) is 24.1 Å². The van der Waals surface area contributed by atoms with Gasteiger partial charge in [-0.05, 0) is 31.2 Å². The van der Waals surface area contributed by atoms with E-state index in [0.717, 1.165) is 30.2 Å². The summed E-state index contributed by atoms with van der Waals surface area (Å²) in [5.74, 6) is 0. The fourth-order valence-electron chi connectivity index (χ4n) is 1.19. The Kier molecular flexibility index (Phi) is 4.94. The summed E-state index contributed by atoms with van der Waals surface area (Å²) in [7, 11) is 1.95. The number of hydrogen-bond donors (Lipinski definition) is 2. The number of benzene rings is 1. The van der Waals surface area contributed by atoms with Crippen molar-refractivity contribution in [1.82, 2.24) is 10.6 Å². The van der Waals surface area contributed by atoms with Crippen molar-refractivity contribution in [3.8, 4) is 0 Å². The highest BCUT2D eigenvalue weighted by Crippen LogP contribution is 2.16. The van der Waals surface area contributed by atoms with Gasteiger partial charge in [0.25, 0.3) is 0 Å². The summed E-state index contributed by atoms with van der Waals surface area (Å²) < 4.78 is 0. The average molecular weight is 213 g/mol. The van der Waals surface area contributed by atoms with Gasteiger partial charge in [-0.3, -0.25) is 0 Å². The molecule has 1 aromatic carbocycles. The van der Waals surface area contributed by atoms with Crippen molar-refractivity contribution in [2.45, 2.75) is 13.5 Å². The Morgan fingerprint density at radius 3 is 2.71 bits per heavy atom. The quantitative estimate of drug-likeness (QED) is 0.730. The largest absolute Gasteiger partial charge is 0.318 e. The number of hydrogen-bond acceptors (Lipinski definition) is 2. The van der Waals surface area contributed by atoms with Crippen LogP contribution in [0.2, 0.25) is 5.02 Å². The molecule has 0 radical (unpaired) electrons. The van der Waals surface area contributed by atoms with Crippen LogP contribution in [0, 0.1) is 6.92 Å². The molecule has 0 unspecified atom stereocenters. The zero-order valence-corrected chi connectivity index (χ0v) is 9.49. The normalized spacial score (nSPS) is 10.5. The molecule has 0 saturated heterocycles. The van der Waals surface area contributed by atoms with Crippen molar-refractivity contribution >= 4 is 11.6 Å². The van der Waals surface area contributed by atoms with Crippen molar-refractivity contribution < 1.29 is 0 Å². The van der Waals surface area contributed by atoms with Crippen molar-refractivity contribution in [2.75, 3.05) is 20.1 Å². The first kappa shape index (κ1) is 11.5. The molecule has 78 valence electrons. The van der Waals surface area contributed by atoms with E-state index < -0.39 is 0 Å². The predicted octanol–water partition coefficient (Wildman–Crippen LogP) is 1.96. The van der Waals surface area contributed by atoms with E-state index in [2.05, 4.69) is 22.8 Å². The molecule has 0 amide bonds. The van der Waals surface area contributed by atoms with Gasteiger partial charge < -0.3 is 10.6 Å². The van der Waals surface area contributed by atoms with Crippen LogP contribution in [0.5, 0.6) is 0 Å². The van der Waals surface area contributed by atoms with E-state index in [0.29, 0.717) is 0 Å². The Hall–Kier alpha value is -0.570. The maximum Gasteiger partial charge on any atom is 0.0438 e. The summed E-state index contributed by atoms with van der Waals surface area (Å²) >= 11 is 6.01. The van der Waals surface area contributed by atoms with Crippen LogP contribution in [0.25, 0.3) is 0 Å². The maximum absolute atomic E-state index is 6.01. The van der Waals surface area contributed by atoms with Gasteiger partial charge >= 0.3 is 0 Å². The van der Waals surface area contributed by atoms with Gasteiger partial charge in [0, 0.05) is 24.7 Å². The van der Waals surface area contributed by atoms with Gasteiger partial charge in [0.2, 0.25) is 0 Å². The van der Waals surface area contributed by atoms with Gasteiger partial charge in [-0.2, -0.15) is 0 Å². The Morgan fingerprint density at radius 2 is 2.07 bits per heavy atom. The van der Waals surface area contributed by atoms with E-state index in [1.54, 1.807) is 0 Å². The highest BCUT2D eigenvalue weighted by Gasteiger charge is 1.96. The molecule has 2 N–H and O–H groups in total. The molecular weight excluding hydrogens is 196 g/mol. The van der Waals surface area contributed by atoms with Gasteiger partial charge in [-0.1, -0.05) is 23.7 Å². The highest BCUT2D eigenvalue weighted by atomic mass is 35.5. The Morgan fingerprint density at radius 1 is 1.29 bits per heavy atom. The molecular formula is C11H17ClN2. The minimum atomic E-state index is 0.845. The van der Waals surface area contributed by atoms with Crippen LogP contribution in [0.1, 0.15) is 11.1 Å². The van der Waals surface area contributed by atoms with E-state index in [4.69, 9.17) is 11.6 Å².